The minimum Gasteiger partial charge on any atom is -0.366 e. The standard InChI is InChI=1S/C13H17F2NO2S/c1-13(2,3)18-8-11(17)16-9-6-4-5-7-10(9)19-12(14)15/h4-7,12H,8H2,1-3H3,(H,16,17). The van der Waals surface area contributed by atoms with Crippen LogP contribution in [0.5, 0.6) is 0 Å². The Morgan fingerprint density at radius 2 is 2.00 bits per heavy atom. The molecule has 0 aromatic heterocycles. The summed E-state index contributed by atoms with van der Waals surface area (Å²) in [4.78, 5) is 12.0. The van der Waals surface area contributed by atoms with Crippen molar-refractivity contribution in [2.45, 2.75) is 37.0 Å². The van der Waals surface area contributed by atoms with Gasteiger partial charge in [-0.15, -0.1) is 0 Å². The summed E-state index contributed by atoms with van der Waals surface area (Å²) < 4.78 is 30.1. The quantitative estimate of drug-likeness (QED) is 0.839. The number of thioether (sulfide) groups is 1. The molecule has 0 heterocycles. The van der Waals surface area contributed by atoms with Gasteiger partial charge in [-0.05, 0) is 32.9 Å². The Morgan fingerprint density at radius 3 is 2.58 bits per heavy atom. The highest BCUT2D eigenvalue weighted by molar-refractivity contribution is 7.99. The van der Waals surface area contributed by atoms with Gasteiger partial charge in [-0.25, -0.2) is 0 Å². The molecule has 0 saturated heterocycles. The summed E-state index contributed by atoms with van der Waals surface area (Å²) in [6, 6.07) is 6.44. The fraction of sp³-hybridized carbons (Fsp3) is 0.462. The van der Waals surface area contributed by atoms with Gasteiger partial charge in [0.25, 0.3) is 5.76 Å². The van der Waals surface area contributed by atoms with Gasteiger partial charge in [0, 0.05) is 4.90 Å². The summed E-state index contributed by atoms with van der Waals surface area (Å²) in [7, 11) is 0. The second-order valence-electron chi connectivity index (χ2n) is 4.82. The van der Waals surface area contributed by atoms with Crippen LogP contribution in [0.15, 0.2) is 29.2 Å². The van der Waals surface area contributed by atoms with Crippen molar-refractivity contribution in [2.24, 2.45) is 0 Å². The first-order valence-corrected chi connectivity index (χ1v) is 6.63. The van der Waals surface area contributed by atoms with E-state index in [-0.39, 0.29) is 12.5 Å². The zero-order valence-electron chi connectivity index (χ0n) is 11.1. The molecule has 1 aromatic rings. The molecule has 0 bridgehead atoms. The number of ether oxygens (including phenoxy) is 1. The molecule has 0 spiro atoms. The Morgan fingerprint density at radius 1 is 1.37 bits per heavy atom. The van der Waals surface area contributed by atoms with Crippen molar-refractivity contribution in [3.05, 3.63) is 24.3 Å². The van der Waals surface area contributed by atoms with Gasteiger partial charge in [0.2, 0.25) is 5.91 Å². The Kier molecular flexibility index (Phi) is 5.75. The molecular weight excluding hydrogens is 272 g/mol. The number of benzene rings is 1. The second kappa shape index (κ2) is 6.86. The third-order valence-electron chi connectivity index (χ3n) is 2.01. The second-order valence-corrected chi connectivity index (χ2v) is 5.86. The SMILES string of the molecule is CC(C)(C)OCC(=O)Nc1ccccc1SC(F)F. The van der Waals surface area contributed by atoms with E-state index in [1.807, 2.05) is 20.8 Å². The number of halogens is 2. The number of alkyl halides is 2. The van der Waals surface area contributed by atoms with E-state index in [0.717, 1.165) is 0 Å². The van der Waals surface area contributed by atoms with Gasteiger partial charge in [-0.2, -0.15) is 8.78 Å². The number of hydrogen-bond donors (Lipinski definition) is 1. The third-order valence-corrected chi connectivity index (χ3v) is 2.80. The van der Waals surface area contributed by atoms with Gasteiger partial charge in [0.1, 0.15) is 6.61 Å². The lowest BCUT2D eigenvalue weighted by atomic mass is 10.2. The summed E-state index contributed by atoms with van der Waals surface area (Å²) in [5.41, 5.74) is -0.0514. The topological polar surface area (TPSA) is 38.3 Å². The van der Waals surface area contributed by atoms with Gasteiger partial charge >= 0.3 is 0 Å². The van der Waals surface area contributed by atoms with Crippen LogP contribution in [0.1, 0.15) is 20.8 Å². The van der Waals surface area contributed by atoms with Crippen LogP contribution in [0.25, 0.3) is 0 Å². The van der Waals surface area contributed by atoms with Crippen LogP contribution in [0.4, 0.5) is 14.5 Å². The molecule has 0 unspecified atom stereocenters. The van der Waals surface area contributed by atoms with E-state index in [0.29, 0.717) is 22.3 Å². The van der Waals surface area contributed by atoms with Crippen LogP contribution in [0.2, 0.25) is 0 Å². The molecule has 0 radical (unpaired) electrons. The number of amides is 1. The smallest absolute Gasteiger partial charge is 0.288 e. The summed E-state index contributed by atoms with van der Waals surface area (Å²) in [5.74, 6) is -2.89. The Balaban J connectivity index is 2.63. The Labute approximate surface area is 115 Å². The molecule has 6 heteroatoms. The van der Waals surface area contributed by atoms with E-state index >= 15 is 0 Å². The molecular formula is C13H17F2NO2S. The lowest BCUT2D eigenvalue weighted by molar-refractivity contribution is -0.125. The molecule has 1 amide bonds. The van der Waals surface area contributed by atoms with E-state index < -0.39 is 11.4 Å². The van der Waals surface area contributed by atoms with E-state index in [2.05, 4.69) is 5.32 Å². The Hall–Kier alpha value is -1.14. The summed E-state index contributed by atoms with van der Waals surface area (Å²) in [5, 5.41) is 2.57. The fourth-order valence-electron chi connectivity index (χ4n) is 1.24. The normalized spacial score (nSPS) is 11.7. The third kappa shape index (κ3) is 6.54. The number of para-hydroxylation sites is 1. The molecule has 106 valence electrons. The molecule has 0 aliphatic carbocycles. The molecule has 19 heavy (non-hydrogen) atoms. The number of nitrogens with one attached hydrogen (secondary N) is 1. The molecule has 1 rings (SSSR count). The molecule has 0 aliphatic rings. The molecule has 0 fully saturated rings. The highest BCUT2D eigenvalue weighted by Crippen LogP contribution is 2.31. The maximum Gasteiger partial charge on any atom is 0.288 e. The number of rotatable bonds is 5. The molecule has 0 saturated carbocycles. The minimum atomic E-state index is -2.52. The largest absolute Gasteiger partial charge is 0.366 e. The summed E-state index contributed by atoms with van der Waals surface area (Å²) in [6.07, 6.45) is 0. The van der Waals surface area contributed by atoms with Gasteiger partial charge in [0.15, 0.2) is 0 Å². The van der Waals surface area contributed by atoms with Crippen molar-refractivity contribution in [3.8, 4) is 0 Å². The van der Waals surface area contributed by atoms with Crippen molar-refractivity contribution in [1.82, 2.24) is 0 Å². The van der Waals surface area contributed by atoms with Gasteiger partial charge in [-0.3, -0.25) is 4.79 Å². The van der Waals surface area contributed by atoms with Crippen molar-refractivity contribution in [1.29, 1.82) is 0 Å². The molecule has 1 N–H and O–H groups in total. The van der Waals surface area contributed by atoms with Crippen LogP contribution >= 0.6 is 11.8 Å². The zero-order valence-corrected chi connectivity index (χ0v) is 11.9. The van der Waals surface area contributed by atoms with E-state index in [1.165, 1.54) is 6.07 Å². The van der Waals surface area contributed by atoms with E-state index in [9.17, 15) is 13.6 Å². The maximum absolute atomic E-state index is 12.4. The highest BCUT2D eigenvalue weighted by atomic mass is 32.2. The number of hydrogen-bond acceptors (Lipinski definition) is 3. The van der Waals surface area contributed by atoms with Gasteiger partial charge in [0.05, 0.1) is 11.3 Å². The summed E-state index contributed by atoms with van der Waals surface area (Å²) in [6.45, 7) is 5.39. The maximum atomic E-state index is 12.4. The molecule has 0 atom stereocenters. The first-order chi connectivity index (χ1) is 8.78. The minimum absolute atomic E-state index is 0.114. The fourth-order valence-corrected chi connectivity index (χ4v) is 1.83. The van der Waals surface area contributed by atoms with Crippen molar-refractivity contribution in [2.75, 3.05) is 11.9 Å². The summed E-state index contributed by atoms with van der Waals surface area (Å²) >= 11 is 0.402. The van der Waals surface area contributed by atoms with Crippen LogP contribution in [-0.4, -0.2) is 23.9 Å². The van der Waals surface area contributed by atoms with Crippen LogP contribution in [-0.2, 0) is 9.53 Å². The average Bonchev–Trinajstić information content (AvgIpc) is 2.27. The monoisotopic (exact) mass is 289 g/mol. The predicted octanol–water partition coefficient (Wildman–Crippen LogP) is 3.75. The lowest BCUT2D eigenvalue weighted by Crippen LogP contribution is -2.27. The van der Waals surface area contributed by atoms with Crippen molar-refractivity contribution < 1.29 is 18.3 Å². The molecule has 3 nitrogen and oxygen atoms in total. The van der Waals surface area contributed by atoms with E-state index in [1.54, 1.807) is 18.2 Å². The van der Waals surface area contributed by atoms with Crippen molar-refractivity contribution >= 4 is 23.4 Å². The zero-order chi connectivity index (χ0) is 14.5. The van der Waals surface area contributed by atoms with Gasteiger partial charge in [-0.1, -0.05) is 23.9 Å². The molecule has 0 aliphatic heterocycles. The van der Waals surface area contributed by atoms with Crippen LogP contribution < -0.4 is 5.32 Å². The average molecular weight is 289 g/mol. The number of carbonyl (C=O) groups is 1. The number of anilines is 1. The predicted molar refractivity (Wildman–Crippen MR) is 72.6 cm³/mol. The first kappa shape index (κ1) is 15.9. The Bertz CT molecular complexity index is 433. The molecule has 1 aromatic carbocycles. The van der Waals surface area contributed by atoms with Gasteiger partial charge < -0.3 is 10.1 Å². The van der Waals surface area contributed by atoms with Crippen LogP contribution in [0, 0.1) is 0 Å². The van der Waals surface area contributed by atoms with Crippen molar-refractivity contribution in [3.63, 3.8) is 0 Å². The highest BCUT2D eigenvalue weighted by Gasteiger charge is 2.15. The number of carbonyl (C=O) groups excluding carboxylic acids is 1. The lowest BCUT2D eigenvalue weighted by Gasteiger charge is -2.19. The first-order valence-electron chi connectivity index (χ1n) is 5.75. The van der Waals surface area contributed by atoms with E-state index in [4.69, 9.17) is 4.74 Å². The van der Waals surface area contributed by atoms with Crippen LogP contribution in [0.3, 0.4) is 0 Å².